The molecular formula is C20H15NO3. The van der Waals surface area contributed by atoms with E-state index in [1.54, 1.807) is 18.3 Å². The second kappa shape index (κ2) is 5.74. The number of rotatable bonds is 3. The van der Waals surface area contributed by atoms with Crippen LogP contribution in [0.25, 0.3) is 21.9 Å². The number of hydrogen-bond acceptors (Lipinski definition) is 4. The maximum Gasteiger partial charge on any atom is 0.166 e. The quantitative estimate of drug-likeness (QED) is 0.538. The molecule has 24 heavy (non-hydrogen) atoms. The summed E-state index contributed by atoms with van der Waals surface area (Å²) in [6.07, 6.45) is 1.63. The highest BCUT2D eigenvalue weighted by molar-refractivity contribution is 6.06. The van der Waals surface area contributed by atoms with Crippen LogP contribution in [-0.4, -0.2) is 18.4 Å². The molecule has 0 radical (unpaired) electrons. The van der Waals surface area contributed by atoms with Gasteiger partial charge in [0.05, 0.1) is 12.8 Å². The van der Waals surface area contributed by atoms with E-state index in [2.05, 4.69) is 4.99 Å². The number of furan rings is 1. The molecule has 0 bridgehead atoms. The molecule has 0 aliphatic carbocycles. The van der Waals surface area contributed by atoms with E-state index in [1.165, 1.54) is 7.11 Å². The highest BCUT2D eigenvalue weighted by Crippen LogP contribution is 2.32. The van der Waals surface area contributed by atoms with Crippen LogP contribution in [0, 0.1) is 0 Å². The molecule has 0 amide bonds. The van der Waals surface area contributed by atoms with Crippen LogP contribution in [0.3, 0.4) is 0 Å². The zero-order valence-electron chi connectivity index (χ0n) is 13.1. The Labute approximate surface area is 138 Å². The van der Waals surface area contributed by atoms with Gasteiger partial charge >= 0.3 is 0 Å². The minimum atomic E-state index is 0.0820. The minimum absolute atomic E-state index is 0.0820. The third kappa shape index (κ3) is 2.38. The van der Waals surface area contributed by atoms with Gasteiger partial charge in [0.15, 0.2) is 11.5 Å². The number of ether oxygens (including phenoxy) is 1. The molecule has 0 unspecified atom stereocenters. The van der Waals surface area contributed by atoms with Crippen molar-refractivity contribution in [2.75, 3.05) is 7.11 Å². The molecule has 0 atom stereocenters. The van der Waals surface area contributed by atoms with Crippen molar-refractivity contribution < 1.29 is 14.3 Å². The van der Waals surface area contributed by atoms with E-state index in [4.69, 9.17) is 9.15 Å². The third-order valence-electron chi connectivity index (χ3n) is 3.96. The minimum Gasteiger partial charge on any atom is -0.504 e. The van der Waals surface area contributed by atoms with Crippen LogP contribution in [0.1, 0.15) is 5.56 Å². The smallest absolute Gasteiger partial charge is 0.166 e. The number of phenolic OH excluding ortho intramolecular Hbond substituents is 1. The predicted octanol–water partition coefficient (Wildman–Crippen LogP) is 5.05. The Hall–Kier alpha value is -3.27. The molecule has 0 fully saturated rings. The van der Waals surface area contributed by atoms with Crippen LogP contribution in [0.2, 0.25) is 0 Å². The number of phenols is 1. The molecule has 4 nitrogen and oxygen atoms in total. The van der Waals surface area contributed by atoms with Crippen LogP contribution < -0.4 is 4.74 Å². The Morgan fingerprint density at radius 2 is 1.79 bits per heavy atom. The molecular weight excluding hydrogens is 302 g/mol. The van der Waals surface area contributed by atoms with Crippen molar-refractivity contribution in [3.8, 4) is 11.5 Å². The summed E-state index contributed by atoms with van der Waals surface area (Å²) in [6.45, 7) is 0. The van der Waals surface area contributed by atoms with E-state index in [-0.39, 0.29) is 5.75 Å². The highest BCUT2D eigenvalue weighted by atomic mass is 16.5. The van der Waals surface area contributed by atoms with Gasteiger partial charge in [-0.3, -0.25) is 4.99 Å². The van der Waals surface area contributed by atoms with Crippen molar-refractivity contribution in [2.45, 2.75) is 0 Å². The van der Waals surface area contributed by atoms with Gasteiger partial charge in [0.2, 0.25) is 0 Å². The summed E-state index contributed by atoms with van der Waals surface area (Å²) in [7, 11) is 1.52. The number of benzene rings is 3. The van der Waals surface area contributed by atoms with Gasteiger partial charge in [-0.1, -0.05) is 24.3 Å². The van der Waals surface area contributed by atoms with Crippen LogP contribution in [-0.2, 0) is 0 Å². The first kappa shape index (κ1) is 14.3. The highest BCUT2D eigenvalue weighted by Gasteiger charge is 2.07. The van der Waals surface area contributed by atoms with E-state index >= 15 is 0 Å². The topological polar surface area (TPSA) is 55.0 Å². The van der Waals surface area contributed by atoms with Gasteiger partial charge < -0.3 is 14.3 Å². The van der Waals surface area contributed by atoms with Crippen molar-refractivity contribution in [1.82, 2.24) is 0 Å². The molecule has 0 saturated heterocycles. The molecule has 3 aromatic carbocycles. The summed E-state index contributed by atoms with van der Waals surface area (Å²) >= 11 is 0. The average molecular weight is 317 g/mol. The number of methoxy groups -OCH3 is 1. The molecule has 4 aromatic rings. The first-order valence-electron chi connectivity index (χ1n) is 7.57. The van der Waals surface area contributed by atoms with Gasteiger partial charge in [0, 0.05) is 22.6 Å². The Bertz CT molecular complexity index is 1060. The zero-order valence-corrected chi connectivity index (χ0v) is 13.1. The number of nitrogens with zero attached hydrogens (tertiary/aromatic N) is 1. The monoisotopic (exact) mass is 317 g/mol. The second-order valence-corrected chi connectivity index (χ2v) is 5.43. The molecule has 1 N–H and O–H groups in total. The maximum atomic E-state index is 10.1. The molecule has 0 aliphatic heterocycles. The van der Waals surface area contributed by atoms with E-state index in [1.807, 2.05) is 48.5 Å². The molecule has 0 spiro atoms. The fraction of sp³-hybridized carbons (Fsp3) is 0.0500. The number of aromatic hydroxyl groups is 1. The SMILES string of the molecule is COc1cccc(C=Nc2ccc3oc4ccccc4c3c2)c1O. The first-order valence-corrected chi connectivity index (χ1v) is 7.57. The van der Waals surface area contributed by atoms with Crippen molar-refractivity contribution in [1.29, 1.82) is 0 Å². The van der Waals surface area contributed by atoms with Crippen molar-refractivity contribution >= 4 is 33.8 Å². The largest absolute Gasteiger partial charge is 0.504 e. The van der Waals surface area contributed by atoms with Crippen molar-refractivity contribution in [3.63, 3.8) is 0 Å². The Kier molecular flexibility index (Phi) is 3.43. The lowest BCUT2D eigenvalue weighted by Crippen LogP contribution is -1.88. The Morgan fingerprint density at radius 3 is 2.67 bits per heavy atom. The number of para-hydroxylation sites is 2. The van der Waals surface area contributed by atoms with Crippen LogP contribution >= 0.6 is 0 Å². The molecule has 1 aromatic heterocycles. The summed E-state index contributed by atoms with van der Waals surface area (Å²) in [5.41, 5.74) is 3.08. The van der Waals surface area contributed by atoms with Gasteiger partial charge in [-0.2, -0.15) is 0 Å². The Morgan fingerprint density at radius 1 is 0.958 bits per heavy atom. The fourth-order valence-electron chi connectivity index (χ4n) is 2.75. The van der Waals surface area contributed by atoms with E-state index in [0.29, 0.717) is 11.3 Å². The molecule has 1 heterocycles. The fourth-order valence-corrected chi connectivity index (χ4v) is 2.75. The van der Waals surface area contributed by atoms with Crippen LogP contribution in [0.15, 0.2) is 70.1 Å². The first-order chi connectivity index (χ1) is 11.8. The second-order valence-electron chi connectivity index (χ2n) is 5.43. The lowest BCUT2D eigenvalue weighted by molar-refractivity contribution is 0.373. The van der Waals surface area contributed by atoms with E-state index in [9.17, 15) is 5.11 Å². The summed E-state index contributed by atoms with van der Waals surface area (Å²) in [6, 6.07) is 19.0. The summed E-state index contributed by atoms with van der Waals surface area (Å²) in [5, 5.41) is 12.2. The van der Waals surface area contributed by atoms with Gasteiger partial charge in [0.25, 0.3) is 0 Å². The molecule has 4 rings (SSSR count). The van der Waals surface area contributed by atoms with Crippen LogP contribution in [0.5, 0.6) is 11.5 Å². The van der Waals surface area contributed by atoms with E-state index < -0.39 is 0 Å². The molecule has 0 saturated carbocycles. The zero-order chi connectivity index (χ0) is 16.5. The third-order valence-corrected chi connectivity index (χ3v) is 3.96. The molecule has 4 heteroatoms. The lowest BCUT2D eigenvalue weighted by atomic mass is 10.1. The summed E-state index contributed by atoms with van der Waals surface area (Å²) < 4.78 is 10.9. The van der Waals surface area contributed by atoms with Gasteiger partial charge in [0.1, 0.15) is 11.2 Å². The van der Waals surface area contributed by atoms with Gasteiger partial charge in [-0.25, -0.2) is 0 Å². The number of fused-ring (bicyclic) bond motifs is 3. The number of hydrogen-bond donors (Lipinski definition) is 1. The standard InChI is InChI=1S/C20H15NO3/c1-23-19-8-4-5-13(20(19)22)12-21-14-9-10-18-16(11-14)15-6-2-3-7-17(15)24-18/h2-12,22H,1H3. The van der Waals surface area contributed by atoms with Crippen molar-refractivity contribution in [3.05, 3.63) is 66.2 Å². The normalized spacial score (nSPS) is 11.5. The molecule has 118 valence electrons. The average Bonchev–Trinajstić information content (AvgIpc) is 2.99. The van der Waals surface area contributed by atoms with Crippen molar-refractivity contribution in [2.24, 2.45) is 4.99 Å². The maximum absolute atomic E-state index is 10.1. The molecule has 0 aliphatic rings. The van der Waals surface area contributed by atoms with Crippen LogP contribution in [0.4, 0.5) is 5.69 Å². The van der Waals surface area contributed by atoms with Gasteiger partial charge in [-0.05, 0) is 36.4 Å². The summed E-state index contributed by atoms with van der Waals surface area (Å²) in [5.74, 6) is 0.508. The predicted molar refractivity (Wildman–Crippen MR) is 95.6 cm³/mol. The number of aliphatic imine (C=N–C) groups is 1. The van der Waals surface area contributed by atoms with Gasteiger partial charge in [-0.15, -0.1) is 0 Å². The summed E-state index contributed by atoms with van der Waals surface area (Å²) in [4.78, 5) is 4.47. The van der Waals surface area contributed by atoms with E-state index in [0.717, 1.165) is 27.6 Å². The Balaban J connectivity index is 1.76. The lowest BCUT2D eigenvalue weighted by Gasteiger charge is -2.04.